The normalized spacial score (nSPS) is 10.8. The van der Waals surface area contributed by atoms with E-state index in [1.807, 2.05) is 45.9 Å². The third-order valence-corrected chi connectivity index (χ3v) is 9.82. The summed E-state index contributed by atoms with van der Waals surface area (Å²) in [7, 11) is -0.305. The SMILES string of the molecule is CC.CCCCCCCCOC(=O)CCCCCCCCC(O)CCCCCCCC.CCCCOC(=O)c1ccccc1C(=O)OCCCC.O=POc1ccccc1. The third kappa shape index (κ3) is 37.7. The zero-order valence-corrected chi connectivity index (χ0v) is 39.6. The van der Waals surface area contributed by atoms with Gasteiger partial charge in [0.15, 0.2) is 0 Å². The molecule has 2 rings (SSSR count). The zero-order chi connectivity index (χ0) is 44.7. The molecule has 0 radical (unpaired) electrons. The molecule has 0 aliphatic rings. The van der Waals surface area contributed by atoms with Crippen LogP contribution in [0.3, 0.4) is 0 Å². The Morgan fingerprint density at radius 2 is 0.883 bits per heavy atom. The van der Waals surface area contributed by atoms with E-state index >= 15 is 0 Å². The van der Waals surface area contributed by atoms with Crippen LogP contribution < -0.4 is 4.52 Å². The highest BCUT2D eigenvalue weighted by Gasteiger charge is 2.18. The number of aliphatic hydroxyl groups is 1. The lowest BCUT2D eigenvalue weighted by Crippen LogP contribution is -2.14. The Hall–Kier alpha value is -3.29. The number of ether oxygens (including phenoxy) is 3. The van der Waals surface area contributed by atoms with Gasteiger partial charge in [-0.1, -0.05) is 187 Å². The van der Waals surface area contributed by atoms with Crippen LogP contribution in [0.1, 0.15) is 223 Å². The molecule has 2 aromatic rings. The molecule has 0 spiro atoms. The van der Waals surface area contributed by atoms with Gasteiger partial charge in [-0.05, 0) is 62.8 Å². The monoisotopic (exact) mass is 861 g/mol. The third-order valence-electron chi connectivity index (χ3n) is 9.53. The van der Waals surface area contributed by atoms with Crippen molar-refractivity contribution in [1.82, 2.24) is 0 Å². The summed E-state index contributed by atoms with van der Waals surface area (Å²) in [4.78, 5) is 35.6. The summed E-state index contributed by atoms with van der Waals surface area (Å²) in [6, 6.07) is 15.6. The molecule has 0 saturated heterocycles. The second-order valence-electron chi connectivity index (χ2n) is 14.9. The highest BCUT2D eigenvalue weighted by molar-refractivity contribution is 7.17. The minimum atomic E-state index is -0.471. The molecule has 0 amide bonds. The van der Waals surface area contributed by atoms with Crippen LogP contribution >= 0.6 is 8.69 Å². The number of rotatable bonds is 33. The number of carbonyl (C=O) groups is 3. The standard InChI is InChI=1S/C26H52O3.C16H22O4.C6H5O2P.C2H6/c1-3-5-7-9-13-17-21-25(27)22-18-14-11-12-15-19-23-26(28)29-24-20-16-10-8-6-4-2;1-3-5-11-19-15(17)13-9-7-8-10-14(13)16(18)20-12-6-4-2;7-9-8-6-4-2-1-3-5-6;1-2/h25,27H,3-24H2,1-2H3;7-10H,3-6,11-12H2,1-2H3;1-5H;1-2H3. The minimum Gasteiger partial charge on any atom is -0.466 e. The number of esters is 3. The second kappa shape index (κ2) is 46.8. The van der Waals surface area contributed by atoms with E-state index in [0.717, 1.165) is 64.2 Å². The molecular formula is C50H85O9P. The number of hydrogen-bond acceptors (Lipinski definition) is 9. The Morgan fingerprint density at radius 3 is 1.33 bits per heavy atom. The largest absolute Gasteiger partial charge is 0.466 e. The van der Waals surface area contributed by atoms with Gasteiger partial charge < -0.3 is 23.8 Å². The number of para-hydroxylation sites is 1. The van der Waals surface area contributed by atoms with Gasteiger partial charge in [0.05, 0.1) is 37.1 Å². The first-order valence-corrected chi connectivity index (χ1v) is 24.4. The summed E-state index contributed by atoms with van der Waals surface area (Å²) in [5, 5.41) is 10.0. The minimum absolute atomic E-state index is 0.0172. The van der Waals surface area contributed by atoms with E-state index in [9.17, 15) is 24.1 Å². The van der Waals surface area contributed by atoms with Gasteiger partial charge in [-0.3, -0.25) is 4.79 Å². The summed E-state index contributed by atoms with van der Waals surface area (Å²) in [5.41, 5.74) is 0.537. The predicted octanol–water partition coefficient (Wildman–Crippen LogP) is 15.0. The molecular weight excluding hydrogens is 776 g/mol. The molecule has 0 bridgehead atoms. The van der Waals surface area contributed by atoms with Crippen LogP contribution in [0.15, 0.2) is 54.6 Å². The van der Waals surface area contributed by atoms with E-state index in [2.05, 4.69) is 18.4 Å². The lowest BCUT2D eigenvalue weighted by Gasteiger charge is -2.10. The molecule has 10 heteroatoms. The molecule has 1 N–H and O–H groups in total. The Morgan fingerprint density at radius 1 is 0.500 bits per heavy atom. The molecule has 344 valence electrons. The van der Waals surface area contributed by atoms with Crippen molar-refractivity contribution in [3.8, 4) is 5.75 Å². The first kappa shape index (κ1) is 58.8. The molecule has 1 unspecified atom stereocenters. The number of hydrogen-bond donors (Lipinski definition) is 1. The Bertz CT molecular complexity index is 1220. The highest BCUT2D eigenvalue weighted by atomic mass is 31.1. The lowest BCUT2D eigenvalue weighted by atomic mass is 10.0. The molecule has 9 nitrogen and oxygen atoms in total. The summed E-state index contributed by atoms with van der Waals surface area (Å²) in [6.45, 7) is 13.9. The van der Waals surface area contributed by atoms with Crippen LogP contribution in [-0.2, 0) is 23.6 Å². The van der Waals surface area contributed by atoms with E-state index in [1.54, 1.807) is 36.4 Å². The van der Waals surface area contributed by atoms with Crippen LogP contribution in [0.2, 0.25) is 0 Å². The molecule has 1 atom stereocenters. The van der Waals surface area contributed by atoms with E-state index in [1.165, 1.54) is 89.9 Å². The van der Waals surface area contributed by atoms with Crippen LogP contribution in [0.5, 0.6) is 5.75 Å². The van der Waals surface area contributed by atoms with Crippen LogP contribution in [-0.4, -0.2) is 48.9 Å². The fourth-order valence-electron chi connectivity index (χ4n) is 5.94. The molecule has 0 saturated carbocycles. The number of benzene rings is 2. The summed E-state index contributed by atoms with van der Waals surface area (Å²) < 4.78 is 30.1. The maximum Gasteiger partial charge on any atom is 0.395 e. The quantitative estimate of drug-likeness (QED) is 0.0323. The van der Waals surface area contributed by atoms with Crippen LogP contribution in [0.25, 0.3) is 0 Å². The van der Waals surface area contributed by atoms with Crippen molar-refractivity contribution >= 4 is 26.6 Å². The number of aliphatic hydroxyl groups excluding tert-OH is 1. The fraction of sp³-hybridized carbons (Fsp3) is 0.700. The summed E-state index contributed by atoms with van der Waals surface area (Å²) in [6.07, 6.45) is 27.9. The highest BCUT2D eigenvalue weighted by Crippen LogP contribution is 2.16. The predicted molar refractivity (Wildman–Crippen MR) is 248 cm³/mol. The van der Waals surface area contributed by atoms with Crippen molar-refractivity contribution in [3.63, 3.8) is 0 Å². The van der Waals surface area contributed by atoms with Gasteiger partial charge in [0.2, 0.25) is 0 Å². The van der Waals surface area contributed by atoms with Crippen molar-refractivity contribution in [1.29, 1.82) is 0 Å². The van der Waals surface area contributed by atoms with Gasteiger partial charge in [0.1, 0.15) is 5.75 Å². The van der Waals surface area contributed by atoms with Gasteiger partial charge in [-0.25, -0.2) is 14.2 Å². The van der Waals surface area contributed by atoms with Crippen molar-refractivity contribution in [2.24, 2.45) is 0 Å². The van der Waals surface area contributed by atoms with Crippen molar-refractivity contribution < 1.29 is 42.8 Å². The van der Waals surface area contributed by atoms with Gasteiger partial charge in [-0.2, -0.15) is 0 Å². The average molecular weight is 861 g/mol. The summed E-state index contributed by atoms with van der Waals surface area (Å²) >= 11 is 0. The lowest BCUT2D eigenvalue weighted by molar-refractivity contribution is -0.143. The van der Waals surface area contributed by atoms with Gasteiger partial charge in [-0.15, -0.1) is 0 Å². The first-order valence-electron chi connectivity index (χ1n) is 23.7. The fourth-order valence-corrected chi connectivity index (χ4v) is 6.15. The number of unbranched alkanes of at least 4 members (excludes halogenated alkanes) is 17. The molecule has 0 fully saturated rings. The van der Waals surface area contributed by atoms with Crippen molar-refractivity contribution in [2.75, 3.05) is 19.8 Å². The van der Waals surface area contributed by atoms with E-state index < -0.39 is 11.9 Å². The van der Waals surface area contributed by atoms with Crippen molar-refractivity contribution in [3.05, 3.63) is 65.7 Å². The Balaban J connectivity index is 0. The molecule has 60 heavy (non-hydrogen) atoms. The maximum atomic E-state index is 11.9. The van der Waals surface area contributed by atoms with Gasteiger partial charge in [0, 0.05) is 6.42 Å². The zero-order valence-electron chi connectivity index (χ0n) is 38.7. The molecule has 0 aromatic heterocycles. The molecule has 2 aromatic carbocycles. The van der Waals surface area contributed by atoms with E-state index in [-0.39, 0.29) is 31.9 Å². The molecule has 0 aliphatic carbocycles. The first-order chi connectivity index (χ1) is 29.3. The Kier molecular flexibility index (Phi) is 45.8. The van der Waals surface area contributed by atoms with E-state index in [4.69, 9.17) is 14.2 Å². The summed E-state index contributed by atoms with van der Waals surface area (Å²) in [5.74, 6) is -0.339. The average Bonchev–Trinajstić information content (AvgIpc) is 3.27. The topological polar surface area (TPSA) is 125 Å². The molecule has 0 heterocycles. The van der Waals surface area contributed by atoms with Crippen LogP contribution in [0.4, 0.5) is 0 Å². The second-order valence-corrected chi connectivity index (χ2v) is 15.2. The molecule has 0 aliphatic heterocycles. The Labute approximate surface area is 367 Å². The van der Waals surface area contributed by atoms with Crippen molar-refractivity contribution in [2.45, 2.75) is 208 Å². The van der Waals surface area contributed by atoms with Crippen LogP contribution in [0, 0.1) is 0 Å². The smallest absolute Gasteiger partial charge is 0.395 e. The van der Waals surface area contributed by atoms with Gasteiger partial charge in [0.25, 0.3) is 0 Å². The van der Waals surface area contributed by atoms with Gasteiger partial charge >= 0.3 is 26.6 Å². The maximum absolute atomic E-state index is 11.9. The number of carbonyl (C=O) groups excluding carboxylic acids is 3. The van der Waals surface area contributed by atoms with E-state index in [0.29, 0.717) is 32.0 Å².